The molecule has 1 atom stereocenters. The quantitative estimate of drug-likeness (QED) is 0.573. The lowest BCUT2D eigenvalue weighted by atomic mass is 9.84. The lowest BCUT2D eigenvalue weighted by molar-refractivity contribution is -0.135. The number of carbonyl (C=O) groups is 2. The van der Waals surface area contributed by atoms with E-state index >= 15 is 0 Å². The van der Waals surface area contributed by atoms with E-state index in [1.165, 1.54) is 16.7 Å². The summed E-state index contributed by atoms with van der Waals surface area (Å²) in [6.45, 7) is 6.63. The fourth-order valence-electron chi connectivity index (χ4n) is 5.30. The summed E-state index contributed by atoms with van der Waals surface area (Å²) in [6.07, 6.45) is 0.444. The molecule has 2 amide bonds. The minimum atomic E-state index is 0.167. The number of nitrogens with zero attached hydrogens (tertiary/aromatic N) is 3. The molecule has 0 bridgehead atoms. The van der Waals surface area contributed by atoms with Crippen molar-refractivity contribution in [2.75, 3.05) is 39.3 Å². The highest BCUT2D eigenvalue weighted by molar-refractivity contribution is 5.80. The number of benzene rings is 3. The van der Waals surface area contributed by atoms with Crippen molar-refractivity contribution in [2.45, 2.75) is 25.8 Å². The van der Waals surface area contributed by atoms with Gasteiger partial charge in [0, 0.05) is 45.2 Å². The van der Waals surface area contributed by atoms with Gasteiger partial charge in [0.25, 0.3) is 0 Å². The van der Waals surface area contributed by atoms with Crippen molar-refractivity contribution in [2.24, 2.45) is 0 Å². The van der Waals surface area contributed by atoms with Gasteiger partial charge < -0.3 is 9.80 Å². The number of fused-ring (bicyclic) bond motifs is 1. The summed E-state index contributed by atoms with van der Waals surface area (Å²) >= 11 is 0. The molecule has 0 saturated carbocycles. The molecule has 5 heteroatoms. The van der Waals surface area contributed by atoms with E-state index in [-0.39, 0.29) is 17.7 Å². The van der Waals surface area contributed by atoms with Crippen molar-refractivity contribution in [3.63, 3.8) is 0 Å². The molecular formula is C30H33N3O2. The van der Waals surface area contributed by atoms with Crippen LogP contribution in [0.25, 0.3) is 0 Å². The van der Waals surface area contributed by atoms with Crippen LogP contribution in [0.3, 0.4) is 0 Å². The zero-order chi connectivity index (χ0) is 24.2. The summed E-state index contributed by atoms with van der Waals surface area (Å²) in [7, 11) is 0. The molecule has 0 radical (unpaired) electrons. The number of carbonyl (C=O) groups excluding carboxylic acids is 2. The minimum absolute atomic E-state index is 0.167. The minimum Gasteiger partial charge on any atom is -0.340 e. The van der Waals surface area contributed by atoms with Crippen molar-refractivity contribution in [1.82, 2.24) is 14.7 Å². The molecule has 2 aliphatic heterocycles. The maximum Gasteiger partial charge on any atom is 0.237 e. The van der Waals surface area contributed by atoms with Gasteiger partial charge in [0.1, 0.15) is 0 Å². The zero-order valence-corrected chi connectivity index (χ0v) is 20.4. The van der Waals surface area contributed by atoms with E-state index in [4.69, 9.17) is 0 Å². The summed E-state index contributed by atoms with van der Waals surface area (Å²) < 4.78 is 0. The Balaban J connectivity index is 1.18. The van der Waals surface area contributed by atoms with Gasteiger partial charge in [-0.1, -0.05) is 78.9 Å². The Morgan fingerprint density at radius 2 is 1.46 bits per heavy atom. The average molecular weight is 468 g/mol. The summed E-state index contributed by atoms with van der Waals surface area (Å²) in [5.41, 5.74) is 6.05. The Hall–Kier alpha value is -3.44. The monoisotopic (exact) mass is 467 g/mol. The number of aryl methyl sites for hydroxylation is 1. The second-order valence-corrected chi connectivity index (χ2v) is 9.70. The van der Waals surface area contributed by atoms with Crippen LogP contribution in [0.5, 0.6) is 0 Å². The zero-order valence-electron chi connectivity index (χ0n) is 20.4. The van der Waals surface area contributed by atoms with Gasteiger partial charge in [0.15, 0.2) is 0 Å². The molecule has 3 aromatic carbocycles. The van der Waals surface area contributed by atoms with Crippen molar-refractivity contribution >= 4 is 11.8 Å². The number of hydrogen-bond donors (Lipinski definition) is 0. The maximum absolute atomic E-state index is 13.4. The van der Waals surface area contributed by atoms with Gasteiger partial charge in [-0.15, -0.1) is 0 Å². The van der Waals surface area contributed by atoms with Gasteiger partial charge in [-0.3, -0.25) is 14.5 Å². The molecule has 2 aliphatic rings. The van der Waals surface area contributed by atoms with Crippen LogP contribution in [0.15, 0.2) is 78.9 Å². The lowest BCUT2D eigenvalue weighted by Crippen LogP contribution is -2.52. The van der Waals surface area contributed by atoms with E-state index in [0.717, 1.165) is 24.2 Å². The van der Waals surface area contributed by atoms with Gasteiger partial charge in [0.05, 0.1) is 13.0 Å². The summed E-state index contributed by atoms with van der Waals surface area (Å²) in [4.78, 5) is 32.3. The fourth-order valence-corrected chi connectivity index (χ4v) is 5.30. The Bertz CT molecular complexity index is 1180. The molecule has 0 aliphatic carbocycles. The predicted molar refractivity (Wildman–Crippen MR) is 138 cm³/mol. The van der Waals surface area contributed by atoms with Crippen LogP contribution >= 0.6 is 0 Å². The molecule has 35 heavy (non-hydrogen) atoms. The van der Waals surface area contributed by atoms with E-state index in [1.807, 2.05) is 47.1 Å². The Kier molecular flexibility index (Phi) is 6.96. The summed E-state index contributed by atoms with van der Waals surface area (Å²) in [6, 6.07) is 27.0. The smallest absolute Gasteiger partial charge is 0.237 e. The first-order valence-electron chi connectivity index (χ1n) is 12.5. The molecule has 5 rings (SSSR count). The van der Waals surface area contributed by atoms with Crippen LogP contribution in [-0.4, -0.2) is 65.8 Å². The van der Waals surface area contributed by atoms with Crippen LogP contribution in [0.4, 0.5) is 0 Å². The number of hydrogen-bond acceptors (Lipinski definition) is 3. The van der Waals surface area contributed by atoms with Crippen molar-refractivity contribution in [1.29, 1.82) is 0 Å². The van der Waals surface area contributed by atoms with E-state index in [9.17, 15) is 9.59 Å². The summed E-state index contributed by atoms with van der Waals surface area (Å²) in [5, 5.41) is 0. The van der Waals surface area contributed by atoms with E-state index in [1.54, 1.807) is 0 Å². The molecule has 1 unspecified atom stereocenters. The number of amides is 2. The van der Waals surface area contributed by atoms with Gasteiger partial charge in [-0.25, -0.2) is 0 Å². The first-order valence-corrected chi connectivity index (χ1v) is 12.5. The number of rotatable bonds is 5. The van der Waals surface area contributed by atoms with Gasteiger partial charge in [0.2, 0.25) is 11.8 Å². The Morgan fingerprint density at radius 3 is 2.23 bits per heavy atom. The number of piperazine rings is 1. The van der Waals surface area contributed by atoms with Crippen LogP contribution in [0.2, 0.25) is 0 Å². The SMILES string of the molecule is Cc1ccccc1CC(=O)N1CCN(CC(=O)N2Cc3ccccc3C(c3ccccc3)C2)CC1. The molecule has 1 fully saturated rings. The highest BCUT2D eigenvalue weighted by Crippen LogP contribution is 2.33. The summed E-state index contributed by atoms with van der Waals surface area (Å²) in [5.74, 6) is 0.532. The maximum atomic E-state index is 13.4. The molecule has 0 N–H and O–H groups in total. The van der Waals surface area contributed by atoms with Crippen LogP contribution in [0, 0.1) is 6.92 Å². The predicted octanol–water partition coefficient (Wildman–Crippen LogP) is 3.86. The molecule has 0 aromatic heterocycles. The molecule has 0 spiro atoms. The van der Waals surface area contributed by atoms with E-state index in [0.29, 0.717) is 39.1 Å². The third-order valence-electron chi connectivity index (χ3n) is 7.44. The van der Waals surface area contributed by atoms with Gasteiger partial charge in [-0.05, 0) is 34.7 Å². The van der Waals surface area contributed by atoms with Crippen molar-refractivity contribution in [3.05, 3.63) is 107 Å². The van der Waals surface area contributed by atoms with Gasteiger partial charge >= 0.3 is 0 Å². The Labute approximate surface area is 208 Å². The largest absolute Gasteiger partial charge is 0.340 e. The second-order valence-electron chi connectivity index (χ2n) is 9.70. The average Bonchev–Trinajstić information content (AvgIpc) is 2.90. The van der Waals surface area contributed by atoms with Crippen LogP contribution < -0.4 is 0 Å². The molecule has 3 aromatic rings. The molecule has 5 nitrogen and oxygen atoms in total. The standard InChI is InChI=1S/C30H33N3O2/c1-23-9-5-6-12-25(23)19-29(34)32-17-15-31(16-18-32)22-30(35)33-20-26-13-7-8-14-27(26)28(21-33)24-10-3-2-4-11-24/h2-14,28H,15-22H2,1H3. The molecule has 180 valence electrons. The lowest BCUT2D eigenvalue weighted by Gasteiger charge is -2.38. The topological polar surface area (TPSA) is 43.9 Å². The normalized spacial score (nSPS) is 18.3. The molecule has 1 saturated heterocycles. The first-order chi connectivity index (χ1) is 17.1. The third-order valence-corrected chi connectivity index (χ3v) is 7.44. The van der Waals surface area contributed by atoms with Crippen molar-refractivity contribution in [3.8, 4) is 0 Å². The van der Waals surface area contributed by atoms with E-state index < -0.39 is 0 Å². The third kappa shape index (κ3) is 5.30. The highest BCUT2D eigenvalue weighted by atomic mass is 16.2. The first kappa shape index (κ1) is 23.3. The highest BCUT2D eigenvalue weighted by Gasteiger charge is 2.30. The molecule has 2 heterocycles. The second kappa shape index (κ2) is 10.4. The fraction of sp³-hybridized carbons (Fsp3) is 0.333. The van der Waals surface area contributed by atoms with Crippen LogP contribution in [-0.2, 0) is 22.6 Å². The van der Waals surface area contributed by atoms with Crippen LogP contribution in [0.1, 0.15) is 33.7 Å². The van der Waals surface area contributed by atoms with E-state index in [2.05, 4.69) is 53.4 Å². The van der Waals surface area contributed by atoms with Gasteiger partial charge in [-0.2, -0.15) is 0 Å². The Morgan fingerprint density at radius 1 is 0.771 bits per heavy atom. The van der Waals surface area contributed by atoms with Crippen molar-refractivity contribution < 1.29 is 9.59 Å². The molecular weight excluding hydrogens is 434 g/mol.